The number of hydrogen-bond donors (Lipinski definition) is 3. The first-order chi connectivity index (χ1) is 15.6. The van der Waals surface area contributed by atoms with Crippen LogP contribution in [0.2, 0.25) is 0 Å². The quantitative estimate of drug-likeness (QED) is 0.423. The first-order valence-electron chi connectivity index (χ1n) is 11.1. The van der Waals surface area contributed by atoms with Crippen molar-refractivity contribution in [3.8, 4) is 11.1 Å². The fourth-order valence-corrected chi connectivity index (χ4v) is 5.97. The Morgan fingerprint density at radius 2 is 1.94 bits per heavy atom. The number of fused-ring (bicyclic) bond motifs is 12. The molecule has 1 aromatic heterocycles. The Labute approximate surface area is 184 Å². The summed E-state index contributed by atoms with van der Waals surface area (Å²) in [6.07, 6.45) is 0.418. The number of aromatic nitrogens is 1. The first-order valence-corrected chi connectivity index (χ1v) is 11.1. The summed E-state index contributed by atoms with van der Waals surface area (Å²) in [5.41, 5.74) is 6.16. The molecular weight excluding hydrogens is 402 g/mol. The van der Waals surface area contributed by atoms with Crippen LogP contribution < -0.4 is 10.6 Å². The molecule has 1 saturated heterocycles. The van der Waals surface area contributed by atoms with Gasteiger partial charge in [0.1, 0.15) is 12.0 Å². The van der Waals surface area contributed by atoms with Crippen molar-refractivity contribution in [3.63, 3.8) is 0 Å². The van der Waals surface area contributed by atoms with E-state index in [2.05, 4.69) is 39.5 Å². The Morgan fingerprint density at radius 1 is 1.12 bits per heavy atom. The summed E-state index contributed by atoms with van der Waals surface area (Å²) in [6.45, 7) is 2.57. The number of para-hydroxylation sites is 2. The maximum absolute atomic E-state index is 13.1. The zero-order valence-electron chi connectivity index (χ0n) is 17.7. The van der Waals surface area contributed by atoms with Gasteiger partial charge in [-0.1, -0.05) is 36.4 Å². The van der Waals surface area contributed by atoms with E-state index >= 15 is 0 Å². The fraction of sp³-hybridized carbons (Fsp3) is 0.269. The van der Waals surface area contributed by atoms with Gasteiger partial charge in [-0.3, -0.25) is 4.79 Å². The lowest BCUT2D eigenvalue weighted by Crippen LogP contribution is -2.42. The summed E-state index contributed by atoms with van der Waals surface area (Å²) in [5.74, 6) is -0.105. The van der Waals surface area contributed by atoms with Crippen molar-refractivity contribution in [3.05, 3.63) is 65.7 Å². The van der Waals surface area contributed by atoms with Crippen molar-refractivity contribution in [2.24, 2.45) is 5.92 Å². The highest BCUT2D eigenvalue weighted by molar-refractivity contribution is 6.21. The standard InChI is InChI=1S/C26H23N3O3/c1-26-14(13-30)10-22(32-26)29-20-9-5-3-7-16(20)23-21(29)11-17(18-12-27-25(31)24(18)23)15-6-2-4-8-19(15)28-26/h2-9,11,14,22,28,30H,10,12-13H2,1H3,(H,27,31). The van der Waals surface area contributed by atoms with E-state index in [0.29, 0.717) is 13.0 Å². The molecule has 7 rings (SSSR count). The average molecular weight is 425 g/mol. The molecule has 6 nitrogen and oxygen atoms in total. The summed E-state index contributed by atoms with van der Waals surface area (Å²) >= 11 is 0. The van der Waals surface area contributed by atoms with Crippen LogP contribution in [-0.4, -0.2) is 27.9 Å². The van der Waals surface area contributed by atoms with Gasteiger partial charge in [-0.2, -0.15) is 0 Å². The van der Waals surface area contributed by atoms with Gasteiger partial charge in [0.05, 0.1) is 23.2 Å². The Kier molecular flexibility index (Phi) is 3.49. The first kappa shape index (κ1) is 18.2. The Balaban J connectivity index is 1.69. The van der Waals surface area contributed by atoms with Crippen molar-refractivity contribution in [2.45, 2.75) is 31.8 Å². The summed E-state index contributed by atoms with van der Waals surface area (Å²) < 4.78 is 8.90. The molecule has 160 valence electrons. The second-order valence-electron chi connectivity index (χ2n) is 9.21. The minimum atomic E-state index is -0.721. The van der Waals surface area contributed by atoms with Gasteiger partial charge in [-0.15, -0.1) is 0 Å². The van der Waals surface area contributed by atoms with Gasteiger partial charge in [0, 0.05) is 40.9 Å². The molecule has 3 N–H and O–H groups in total. The average Bonchev–Trinajstić information content (AvgIpc) is 3.44. The van der Waals surface area contributed by atoms with E-state index in [1.807, 2.05) is 37.3 Å². The smallest absolute Gasteiger partial charge is 0.252 e. The third-order valence-electron chi connectivity index (χ3n) is 7.51. The zero-order valence-corrected chi connectivity index (χ0v) is 17.7. The molecule has 0 spiro atoms. The van der Waals surface area contributed by atoms with Gasteiger partial charge in [0.15, 0.2) is 0 Å². The van der Waals surface area contributed by atoms with Gasteiger partial charge in [-0.25, -0.2) is 0 Å². The lowest BCUT2D eigenvalue weighted by atomic mass is 9.91. The van der Waals surface area contributed by atoms with Crippen molar-refractivity contribution < 1.29 is 14.6 Å². The molecular formula is C26H23N3O3. The van der Waals surface area contributed by atoms with Crippen LogP contribution in [-0.2, 0) is 11.3 Å². The third kappa shape index (κ3) is 2.18. The number of carbonyl (C=O) groups excluding carboxylic acids is 1. The number of aliphatic hydroxyl groups excluding tert-OH is 1. The Hall–Kier alpha value is -3.35. The summed E-state index contributed by atoms with van der Waals surface area (Å²) in [7, 11) is 0. The highest BCUT2D eigenvalue weighted by atomic mass is 16.5. The molecule has 0 aliphatic carbocycles. The molecule has 32 heavy (non-hydrogen) atoms. The molecule has 0 radical (unpaired) electrons. The van der Waals surface area contributed by atoms with E-state index in [9.17, 15) is 9.90 Å². The topological polar surface area (TPSA) is 75.5 Å². The van der Waals surface area contributed by atoms with Crippen LogP contribution in [0.15, 0.2) is 54.6 Å². The minimum Gasteiger partial charge on any atom is -0.396 e. The van der Waals surface area contributed by atoms with Crippen LogP contribution in [0.3, 0.4) is 0 Å². The lowest BCUT2D eigenvalue weighted by Gasteiger charge is -2.33. The molecule has 4 bridgehead atoms. The summed E-state index contributed by atoms with van der Waals surface area (Å²) in [5, 5.41) is 19.0. The van der Waals surface area contributed by atoms with Crippen LogP contribution in [0.1, 0.15) is 35.5 Å². The highest BCUT2D eigenvalue weighted by Crippen LogP contribution is 2.49. The van der Waals surface area contributed by atoms with Crippen LogP contribution in [0, 0.1) is 5.92 Å². The van der Waals surface area contributed by atoms with Crippen LogP contribution in [0.5, 0.6) is 0 Å². The highest BCUT2D eigenvalue weighted by Gasteiger charge is 2.47. The minimum absolute atomic E-state index is 0.0253. The van der Waals surface area contributed by atoms with E-state index in [4.69, 9.17) is 4.74 Å². The van der Waals surface area contributed by atoms with Gasteiger partial charge in [0.25, 0.3) is 5.91 Å². The number of ether oxygens (including phenoxy) is 1. The number of nitrogens with one attached hydrogen (secondary N) is 2. The third-order valence-corrected chi connectivity index (χ3v) is 7.51. The molecule has 3 atom stereocenters. The number of hydrogen-bond acceptors (Lipinski definition) is 4. The maximum Gasteiger partial charge on any atom is 0.252 e. The summed E-state index contributed by atoms with van der Waals surface area (Å²) in [4.78, 5) is 13.1. The maximum atomic E-state index is 13.1. The van der Waals surface area contributed by atoms with Gasteiger partial charge >= 0.3 is 0 Å². The van der Waals surface area contributed by atoms with Gasteiger partial charge in [0.2, 0.25) is 0 Å². The van der Waals surface area contributed by atoms with E-state index < -0.39 is 5.72 Å². The predicted molar refractivity (Wildman–Crippen MR) is 123 cm³/mol. The molecule has 6 heteroatoms. The molecule has 4 heterocycles. The number of benzene rings is 3. The Morgan fingerprint density at radius 3 is 2.81 bits per heavy atom. The van der Waals surface area contributed by atoms with Gasteiger partial charge < -0.3 is 25.0 Å². The Bertz CT molecular complexity index is 1460. The van der Waals surface area contributed by atoms with E-state index in [-0.39, 0.29) is 24.7 Å². The number of rotatable bonds is 1. The van der Waals surface area contributed by atoms with Crippen molar-refractivity contribution in [2.75, 3.05) is 11.9 Å². The number of anilines is 1. The van der Waals surface area contributed by atoms with Crippen LogP contribution >= 0.6 is 0 Å². The largest absolute Gasteiger partial charge is 0.396 e. The number of aliphatic hydroxyl groups is 1. The second-order valence-corrected chi connectivity index (χ2v) is 9.21. The monoisotopic (exact) mass is 425 g/mol. The second kappa shape index (κ2) is 6.12. The van der Waals surface area contributed by atoms with Crippen molar-refractivity contribution >= 4 is 33.4 Å². The number of nitrogens with zero attached hydrogens (tertiary/aromatic N) is 1. The normalized spacial score (nSPS) is 25.6. The van der Waals surface area contributed by atoms with E-state index in [1.165, 1.54) is 0 Å². The molecule has 0 saturated carbocycles. The SMILES string of the molecule is CC12Nc3ccccc3-c3cc4c(c5c3CNC5=O)c3ccccc3n4C(CC1CO)O2. The zero-order chi connectivity index (χ0) is 21.6. The van der Waals surface area contributed by atoms with Crippen LogP contribution in [0.25, 0.3) is 32.9 Å². The van der Waals surface area contributed by atoms with E-state index in [0.717, 1.165) is 49.7 Å². The number of amides is 1. The van der Waals surface area contributed by atoms with Crippen LogP contribution in [0.4, 0.5) is 5.69 Å². The number of carbonyl (C=O) groups is 1. The molecule has 1 amide bonds. The molecule has 4 aromatic rings. The molecule has 3 aliphatic heterocycles. The molecule has 3 unspecified atom stereocenters. The molecule has 1 fully saturated rings. The summed E-state index contributed by atoms with van der Waals surface area (Å²) in [6, 6.07) is 18.6. The van der Waals surface area contributed by atoms with E-state index in [1.54, 1.807) is 0 Å². The van der Waals surface area contributed by atoms with Gasteiger partial charge in [-0.05, 0) is 36.2 Å². The van der Waals surface area contributed by atoms with Crippen molar-refractivity contribution in [1.82, 2.24) is 9.88 Å². The fourth-order valence-electron chi connectivity index (χ4n) is 5.97. The molecule has 3 aromatic carbocycles. The molecule has 3 aliphatic rings. The predicted octanol–water partition coefficient (Wildman–Crippen LogP) is 4.37. The van der Waals surface area contributed by atoms with Crippen molar-refractivity contribution in [1.29, 1.82) is 0 Å². The lowest BCUT2D eigenvalue weighted by molar-refractivity contribution is -0.0569.